The van der Waals surface area contributed by atoms with Crippen molar-refractivity contribution < 1.29 is 4.84 Å². The summed E-state index contributed by atoms with van der Waals surface area (Å²) in [4.78, 5) is 4.72. The normalized spacial score (nSPS) is 33.2. The predicted octanol–water partition coefficient (Wildman–Crippen LogP) is 1.07. The Morgan fingerprint density at radius 3 is 2.30 bits per heavy atom. The van der Waals surface area contributed by atoms with Gasteiger partial charge < -0.3 is 4.84 Å². The van der Waals surface area contributed by atoms with Crippen molar-refractivity contribution in [3.63, 3.8) is 0 Å². The van der Waals surface area contributed by atoms with E-state index >= 15 is 0 Å². The van der Waals surface area contributed by atoms with Crippen LogP contribution in [0.15, 0.2) is 0 Å². The summed E-state index contributed by atoms with van der Waals surface area (Å²) in [6.45, 7) is 0. The van der Waals surface area contributed by atoms with E-state index in [1.165, 1.54) is 0 Å². The molecule has 1 aliphatic rings. The number of terminal acetylenes is 1. The highest BCUT2D eigenvalue weighted by molar-refractivity contribution is 4.95. The molecule has 0 bridgehead atoms. The average molecular weight is 139 g/mol. The molecule has 0 aromatic carbocycles. The van der Waals surface area contributed by atoms with Gasteiger partial charge in [-0.15, -0.1) is 12.3 Å². The lowest BCUT2D eigenvalue weighted by Gasteiger charge is -2.23. The fourth-order valence-electron chi connectivity index (χ4n) is 1.37. The van der Waals surface area contributed by atoms with E-state index in [-0.39, 0.29) is 6.10 Å². The number of hydrogen-bond donors (Lipinski definition) is 1. The molecule has 0 radical (unpaired) electrons. The predicted molar refractivity (Wildman–Crippen MR) is 39.9 cm³/mol. The number of rotatable bonds is 1. The number of nitrogens with two attached hydrogens (primary N) is 1. The quantitative estimate of drug-likeness (QED) is 0.435. The van der Waals surface area contributed by atoms with Crippen molar-refractivity contribution in [1.82, 2.24) is 0 Å². The second-order valence-electron chi connectivity index (χ2n) is 2.78. The third-order valence-corrected chi connectivity index (χ3v) is 2.10. The lowest BCUT2D eigenvalue weighted by atomic mass is 9.88. The molecule has 56 valence electrons. The summed E-state index contributed by atoms with van der Waals surface area (Å²) in [6.07, 6.45) is 9.70. The maximum absolute atomic E-state index is 5.27. The second-order valence-corrected chi connectivity index (χ2v) is 2.78. The van der Waals surface area contributed by atoms with E-state index in [4.69, 9.17) is 17.2 Å². The van der Waals surface area contributed by atoms with Gasteiger partial charge in [0.1, 0.15) is 0 Å². The zero-order valence-corrected chi connectivity index (χ0v) is 6.05. The second kappa shape index (κ2) is 3.60. The molecule has 0 aromatic heterocycles. The van der Waals surface area contributed by atoms with E-state index in [0.29, 0.717) is 5.92 Å². The Morgan fingerprint density at radius 2 is 1.90 bits per heavy atom. The van der Waals surface area contributed by atoms with Crippen LogP contribution in [0.25, 0.3) is 0 Å². The first kappa shape index (κ1) is 7.59. The molecule has 1 fully saturated rings. The van der Waals surface area contributed by atoms with E-state index in [1.807, 2.05) is 0 Å². The summed E-state index contributed by atoms with van der Waals surface area (Å²) in [5, 5.41) is 0. The molecule has 0 unspecified atom stereocenters. The maximum atomic E-state index is 5.27. The van der Waals surface area contributed by atoms with E-state index < -0.39 is 0 Å². The summed E-state index contributed by atoms with van der Waals surface area (Å²) < 4.78 is 0. The third kappa shape index (κ3) is 1.73. The van der Waals surface area contributed by atoms with Crippen LogP contribution in [0.1, 0.15) is 25.7 Å². The topological polar surface area (TPSA) is 35.2 Å². The Hall–Kier alpha value is -0.520. The molecule has 0 amide bonds. The molecule has 1 rings (SSSR count). The first-order chi connectivity index (χ1) is 4.86. The van der Waals surface area contributed by atoms with Gasteiger partial charge in [-0.3, -0.25) is 0 Å². The Morgan fingerprint density at radius 1 is 1.30 bits per heavy atom. The molecule has 0 aliphatic heterocycles. The van der Waals surface area contributed by atoms with Crippen molar-refractivity contribution in [3.8, 4) is 12.3 Å². The molecule has 0 atom stereocenters. The molecule has 10 heavy (non-hydrogen) atoms. The first-order valence-electron chi connectivity index (χ1n) is 3.68. The molecular formula is C8H13NO. The van der Waals surface area contributed by atoms with Crippen molar-refractivity contribution in [2.75, 3.05) is 0 Å². The van der Waals surface area contributed by atoms with Crippen LogP contribution in [0, 0.1) is 18.3 Å². The van der Waals surface area contributed by atoms with Crippen molar-refractivity contribution in [2.45, 2.75) is 31.8 Å². The minimum atomic E-state index is 0.254. The standard InChI is InChI=1S/C8H13NO/c1-2-7-3-5-8(10-9)6-4-7/h1,7-8H,3-6,9H2. The van der Waals surface area contributed by atoms with Gasteiger partial charge in [-0.2, -0.15) is 0 Å². The van der Waals surface area contributed by atoms with Crippen molar-refractivity contribution in [2.24, 2.45) is 11.8 Å². The summed E-state index contributed by atoms with van der Waals surface area (Å²) in [7, 11) is 0. The summed E-state index contributed by atoms with van der Waals surface area (Å²) in [5.74, 6) is 8.25. The fraction of sp³-hybridized carbons (Fsp3) is 0.750. The molecule has 1 saturated carbocycles. The Bertz CT molecular complexity index is 131. The van der Waals surface area contributed by atoms with Crippen LogP contribution in [0.5, 0.6) is 0 Å². The van der Waals surface area contributed by atoms with Crippen LogP contribution in [0.2, 0.25) is 0 Å². The molecule has 0 spiro atoms. The van der Waals surface area contributed by atoms with E-state index in [0.717, 1.165) is 25.7 Å². The summed E-state index contributed by atoms with van der Waals surface area (Å²) in [5.41, 5.74) is 0. The monoisotopic (exact) mass is 139 g/mol. The van der Waals surface area contributed by atoms with Crippen LogP contribution >= 0.6 is 0 Å². The van der Waals surface area contributed by atoms with Gasteiger partial charge >= 0.3 is 0 Å². The molecular weight excluding hydrogens is 126 g/mol. The number of hydrogen-bond acceptors (Lipinski definition) is 2. The highest BCUT2D eigenvalue weighted by atomic mass is 16.6. The van der Waals surface area contributed by atoms with Gasteiger partial charge in [-0.05, 0) is 25.7 Å². The minimum absolute atomic E-state index is 0.254. The molecule has 2 N–H and O–H groups in total. The Labute approximate surface area is 61.7 Å². The van der Waals surface area contributed by atoms with Crippen LogP contribution in [-0.2, 0) is 4.84 Å². The van der Waals surface area contributed by atoms with Crippen LogP contribution in [0.3, 0.4) is 0 Å². The zero-order valence-electron chi connectivity index (χ0n) is 6.05. The minimum Gasteiger partial charge on any atom is -0.301 e. The van der Waals surface area contributed by atoms with E-state index in [9.17, 15) is 0 Å². The molecule has 0 saturated heterocycles. The van der Waals surface area contributed by atoms with Gasteiger partial charge in [-0.1, -0.05) is 0 Å². The fourth-order valence-corrected chi connectivity index (χ4v) is 1.37. The van der Waals surface area contributed by atoms with E-state index in [1.54, 1.807) is 0 Å². The van der Waals surface area contributed by atoms with Crippen LogP contribution < -0.4 is 5.90 Å². The van der Waals surface area contributed by atoms with Gasteiger partial charge in [0, 0.05) is 5.92 Å². The molecule has 2 heteroatoms. The van der Waals surface area contributed by atoms with Crippen molar-refractivity contribution in [3.05, 3.63) is 0 Å². The largest absolute Gasteiger partial charge is 0.301 e. The lowest BCUT2D eigenvalue weighted by molar-refractivity contribution is 0.0223. The van der Waals surface area contributed by atoms with Gasteiger partial charge in [0.15, 0.2) is 0 Å². The summed E-state index contributed by atoms with van der Waals surface area (Å²) >= 11 is 0. The zero-order chi connectivity index (χ0) is 7.40. The van der Waals surface area contributed by atoms with Crippen LogP contribution in [-0.4, -0.2) is 6.10 Å². The van der Waals surface area contributed by atoms with Gasteiger partial charge in [0.05, 0.1) is 6.10 Å². The Balaban J connectivity index is 2.25. The maximum Gasteiger partial charge on any atom is 0.0788 e. The molecule has 0 aromatic rings. The van der Waals surface area contributed by atoms with Crippen LogP contribution in [0.4, 0.5) is 0 Å². The molecule has 2 nitrogen and oxygen atoms in total. The van der Waals surface area contributed by atoms with Crippen molar-refractivity contribution in [1.29, 1.82) is 0 Å². The highest BCUT2D eigenvalue weighted by Gasteiger charge is 2.18. The smallest absolute Gasteiger partial charge is 0.0788 e. The summed E-state index contributed by atoms with van der Waals surface area (Å²) in [6, 6.07) is 0. The molecule has 0 heterocycles. The lowest BCUT2D eigenvalue weighted by Crippen LogP contribution is -2.23. The van der Waals surface area contributed by atoms with Gasteiger partial charge in [0.25, 0.3) is 0 Å². The average Bonchev–Trinajstić information content (AvgIpc) is 2.05. The SMILES string of the molecule is C#CC1CCC(ON)CC1. The third-order valence-electron chi connectivity index (χ3n) is 2.10. The molecule has 1 aliphatic carbocycles. The Kier molecular flexibility index (Phi) is 2.73. The van der Waals surface area contributed by atoms with Crippen molar-refractivity contribution >= 4 is 0 Å². The van der Waals surface area contributed by atoms with E-state index in [2.05, 4.69) is 5.92 Å². The van der Waals surface area contributed by atoms with Gasteiger partial charge in [0.2, 0.25) is 0 Å². The first-order valence-corrected chi connectivity index (χ1v) is 3.68. The highest BCUT2D eigenvalue weighted by Crippen LogP contribution is 2.24. The van der Waals surface area contributed by atoms with Gasteiger partial charge in [-0.25, -0.2) is 5.90 Å².